The van der Waals surface area contributed by atoms with Crippen molar-refractivity contribution in [2.75, 3.05) is 13.2 Å². The van der Waals surface area contributed by atoms with Gasteiger partial charge in [-0.15, -0.1) is 0 Å². The van der Waals surface area contributed by atoms with Crippen LogP contribution in [0.4, 0.5) is 0 Å². The minimum Gasteiger partial charge on any atom is -0.465 e. The van der Waals surface area contributed by atoms with Crippen molar-refractivity contribution in [2.45, 2.75) is 392 Å². The summed E-state index contributed by atoms with van der Waals surface area (Å²) in [6.45, 7) is 4.88. The number of hydrogen-bond donors (Lipinski definition) is 3. The number of carbonyl (C=O) groups excluding carboxylic acids is 2. The highest BCUT2D eigenvalue weighted by Crippen LogP contribution is 2.19. The van der Waals surface area contributed by atoms with Gasteiger partial charge in [-0.25, -0.2) is 0 Å². The van der Waals surface area contributed by atoms with Crippen LogP contribution in [0.3, 0.4) is 0 Å². The second-order valence-corrected chi connectivity index (χ2v) is 23.5. The highest BCUT2D eigenvalue weighted by atomic mass is 16.5. The molecule has 75 heavy (non-hydrogen) atoms. The zero-order valence-electron chi connectivity index (χ0n) is 50.8. The number of nitrogens with one attached hydrogen (secondary N) is 1. The molecule has 2 atom stereocenters. The van der Waals surface area contributed by atoms with E-state index in [9.17, 15) is 19.8 Å². The SMILES string of the molecule is CCCCCCCCCCCCCCCCCCCCCC(=O)OCC/C=C\C/C=C\CCCCCCCCCCCCCCCCC(=O)NC(CO)C(O)CCCCCCCCCCCCCCCCCCCC. The van der Waals surface area contributed by atoms with Crippen LogP contribution in [-0.4, -0.2) is 47.4 Å². The predicted molar refractivity (Wildman–Crippen MR) is 329 cm³/mol. The second kappa shape index (κ2) is 64.9. The summed E-state index contributed by atoms with van der Waals surface area (Å²) < 4.78 is 5.44. The van der Waals surface area contributed by atoms with E-state index >= 15 is 0 Å². The highest BCUT2D eigenvalue weighted by molar-refractivity contribution is 5.76. The number of rotatable bonds is 64. The van der Waals surface area contributed by atoms with E-state index in [1.54, 1.807) is 0 Å². The van der Waals surface area contributed by atoms with Crippen molar-refractivity contribution >= 4 is 11.9 Å². The first-order chi connectivity index (χ1) is 37.0. The minimum atomic E-state index is -0.668. The molecule has 0 saturated heterocycles. The minimum absolute atomic E-state index is 0.0295. The molecule has 0 rings (SSSR count). The summed E-state index contributed by atoms with van der Waals surface area (Å²) in [4.78, 5) is 24.6. The first kappa shape index (κ1) is 73.3. The fraction of sp³-hybridized carbons (Fsp3) is 0.913. The normalized spacial score (nSPS) is 12.6. The zero-order chi connectivity index (χ0) is 54.3. The van der Waals surface area contributed by atoms with Crippen molar-refractivity contribution in [3.8, 4) is 0 Å². The van der Waals surface area contributed by atoms with Gasteiger partial charge in [-0.2, -0.15) is 0 Å². The molecule has 0 aliphatic heterocycles. The molecule has 0 heterocycles. The van der Waals surface area contributed by atoms with Gasteiger partial charge in [-0.3, -0.25) is 9.59 Å². The van der Waals surface area contributed by atoms with Gasteiger partial charge in [-0.05, 0) is 44.9 Å². The number of unbranched alkanes of at least 4 members (excludes halogenated alkanes) is 49. The number of carbonyl (C=O) groups is 2. The average molecular weight is 1060 g/mol. The standard InChI is InChI=1S/C69H133NO5/c1-3-5-7-9-11-13-15-17-19-21-26-31-35-39-43-47-51-55-59-63-69(74)75-64-60-56-52-48-44-40-36-32-28-25-23-24-27-30-34-38-42-46-50-54-58-62-68(73)70-66(65-71)67(72)61-57-53-49-45-41-37-33-29-22-20-18-16-14-12-10-8-6-4-2/h40,44,52,56,66-67,71-72H,3-39,41-43,45-51,53-55,57-65H2,1-2H3,(H,70,73)/b44-40-,56-52-. The fourth-order valence-electron chi connectivity index (χ4n) is 10.8. The third-order valence-corrected chi connectivity index (χ3v) is 16.0. The summed E-state index contributed by atoms with van der Waals surface area (Å²) in [6, 6.07) is -0.546. The van der Waals surface area contributed by atoms with Crippen molar-refractivity contribution in [2.24, 2.45) is 0 Å². The molecule has 0 spiro atoms. The molecular weight excluding hydrogens is 923 g/mol. The van der Waals surface area contributed by atoms with Gasteiger partial charge in [0.1, 0.15) is 0 Å². The molecule has 3 N–H and O–H groups in total. The van der Waals surface area contributed by atoms with Crippen LogP contribution in [-0.2, 0) is 14.3 Å². The van der Waals surface area contributed by atoms with Gasteiger partial charge >= 0.3 is 5.97 Å². The molecule has 444 valence electrons. The number of allylic oxidation sites excluding steroid dienone is 3. The topological polar surface area (TPSA) is 95.9 Å². The molecule has 0 aromatic rings. The lowest BCUT2D eigenvalue weighted by molar-refractivity contribution is -0.143. The summed E-state index contributed by atoms with van der Waals surface area (Å²) >= 11 is 0. The quantitative estimate of drug-likeness (QED) is 0.0320. The Morgan fingerprint density at radius 2 is 0.667 bits per heavy atom. The van der Waals surface area contributed by atoms with Gasteiger partial charge in [0.2, 0.25) is 5.91 Å². The van der Waals surface area contributed by atoms with E-state index in [0.29, 0.717) is 25.9 Å². The molecule has 0 aromatic carbocycles. The lowest BCUT2D eigenvalue weighted by Crippen LogP contribution is -2.45. The van der Waals surface area contributed by atoms with Gasteiger partial charge in [0.15, 0.2) is 0 Å². The van der Waals surface area contributed by atoms with Crippen molar-refractivity contribution in [1.29, 1.82) is 0 Å². The Labute approximate surface area is 469 Å². The van der Waals surface area contributed by atoms with Crippen LogP contribution in [0.5, 0.6) is 0 Å². The van der Waals surface area contributed by atoms with Crippen molar-refractivity contribution in [3.05, 3.63) is 24.3 Å². The van der Waals surface area contributed by atoms with E-state index < -0.39 is 12.1 Å². The fourth-order valence-corrected chi connectivity index (χ4v) is 10.8. The molecule has 0 fully saturated rings. The van der Waals surface area contributed by atoms with Crippen LogP contribution in [0, 0.1) is 0 Å². The van der Waals surface area contributed by atoms with E-state index in [1.807, 2.05) is 0 Å². The smallest absolute Gasteiger partial charge is 0.305 e. The monoisotopic (exact) mass is 1060 g/mol. The summed E-state index contributed by atoms with van der Waals surface area (Å²) in [5, 5.41) is 23.4. The lowest BCUT2D eigenvalue weighted by Gasteiger charge is -2.22. The molecule has 2 unspecified atom stereocenters. The van der Waals surface area contributed by atoms with Crippen LogP contribution in [0.25, 0.3) is 0 Å². The molecule has 0 radical (unpaired) electrons. The van der Waals surface area contributed by atoms with Crippen LogP contribution in [0.2, 0.25) is 0 Å². The summed E-state index contributed by atoms with van der Waals surface area (Å²) in [6.07, 6.45) is 80.8. The summed E-state index contributed by atoms with van der Waals surface area (Å²) in [5.41, 5.74) is 0. The first-order valence-electron chi connectivity index (χ1n) is 34.1. The molecular formula is C69H133NO5. The molecule has 0 aliphatic carbocycles. The number of amides is 1. The zero-order valence-corrected chi connectivity index (χ0v) is 50.8. The third kappa shape index (κ3) is 61.4. The Morgan fingerprint density at radius 3 is 1.01 bits per heavy atom. The maximum atomic E-state index is 12.5. The maximum Gasteiger partial charge on any atom is 0.305 e. The number of esters is 1. The molecule has 0 aliphatic rings. The number of hydrogen-bond acceptors (Lipinski definition) is 5. The van der Waals surface area contributed by atoms with Crippen molar-refractivity contribution < 1.29 is 24.5 Å². The number of aliphatic hydroxyl groups is 2. The van der Waals surface area contributed by atoms with Gasteiger partial charge in [0.25, 0.3) is 0 Å². The Bertz CT molecular complexity index is 1170. The Balaban J connectivity index is 3.42. The van der Waals surface area contributed by atoms with Crippen LogP contribution in [0.1, 0.15) is 380 Å². The van der Waals surface area contributed by atoms with Crippen LogP contribution >= 0.6 is 0 Å². The Morgan fingerprint density at radius 1 is 0.373 bits per heavy atom. The largest absolute Gasteiger partial charge is 0.465 e. The van der Waals surface area contributed by atoms with E-state index in [1.165, 1.54) is 295 Å². The average Bonchev–Trinajstić information content (AvgIpc) is 3.41. The van der Waals surface area contributed by atoms with Crippen LogP contribution < -0.4 is 5.32 Å². The Kier molecular flexibility index (Phi) is 63.4. The van der Waals surface area contributed by atoms with E-state index in [0.717, 1.165) is 51.4 Å². The van der Waals surface area contributed by atoms with Gasteiger partial charge in [-0.1, -0.05) is 346 Å². The molecule has 6 nitrogen and oxygen atoms in total. The summed E-state index contributed by atoms with van der Waals surface area (Å²) in [5.74, 6) is -0.0658. The Hall–Kier alpha value is -1.66. The third-order valence-electron chi connectivity index (χ3n) is 16.0. The highest BCUT2D eigenvalue weighted by Gasteiger charge is 2.20. The molecule has 0 aromatic heterocycles. The van der Waals surface area contributed by atoms with Gasteiger partial charge in [0, 0.05) is 12.8 Å². The predicted octanol–water partition coefficient (Wildman–Crippen LogP) is 21.8. The lowest BCUT2D eigenvalue weighted by atomic mass is 10.0. The van der Waals surface area contributed by atoms with Crippen molar-refractivity contribution in [1.82, 2.24) is 5.32 Å². The van der Waals surface area contributed by atoms with Crippen LogP contribution in [0.15, 0.2) is 24.3 Å². The first-order valence-corrected chi connectivity index (χ1v) is 34.1. The van der Waals surface area contributed by atoms with E-state index in [4.69, 9.17) is 4.74 Å². The number of ether oxygens (including phenoxy) is 1. The molecule has 1 amide bonds. The maximum absolute atomic E-state index is 12.5. The van der Waals surface area contributed by atoms with E-state index in [-0.39, 0.29) is 18.5 Å². The van der Waals surface area contributed by atoms with Crippen molar-refractivity contribution in [3.63, 3.8) is 0 Å². The molecule has 0 bridgehead atoms. The van der Waals surface area contributed by atoms with Gasteiger partial charge in [0.05, 0.1) is 25.4 Å². The van der Waals surface area contributed by atoms with Gasteiger partial charge < -0.3 is 20.3 Å². The summed E-state index contributed by atoms with van der Waals surface area (Å²) in [7, 11) is 0. The molecule has 6 heteroatoms. The molecule has 0 saturated carbocycles. The second-order valence-electron chi connectivity index (χ2n) is 23.5. The number of aliphatic hydroxyl groups excluding tert-OH is 2. The van der Waals surface area contributed by atoms with E-state index in [2.05, 4.69) is 43.5 Å².